The number of nitrogens with one attached hydrogen (secondary N) is 1. The molecule has 1 aliphatic rings. The Kier molecular flexibility index (Phi) is 2.74. The smallest absolute Gasteiger partial charge is 0.142 e. The molecule has 0 unspecified atom stereocenters. The second-order valence-corrected chi connectivity index (χ2v) is 4.75. The third kappa shape index (κ3) is 1.60. The molecule has 18 heavy (non-hydrogen) atoms. The Balaban J connectivity index is 2.38. The van der Waals surface area contributed by atoms with Gasteiger partial charge >= 0.3 is 0 Å². The molecule has 3 nitrogen and oxygen atoms in total. The van der Waals surface area contributed by atoms with Crippen LogP contribution in [0, 0.1) is 5.82 Å². The molecular weight excluding hydrogens is 231 g/mol. The van der Waals surface area contributed by atoms with Crippen molar-refractivity contribution in [2.24, 2.45) is 0 Å². The largest absolute Gasteiger partial charge is 0.506 e. The number of benzene rings is 1. The van der Waals surface area contributed by atoms with E-state index in [0.29, 0.717) is 0 Å². The fraction of sp³-hybridized carbons (Fsp3) is 0.429. The van der Waals surface area contributed by atoms with Crippen LogP contribution in [0.25, 0.3) is 10.9 Å². The number of aryl methyl sites for hydroxylation is 1. The topological polar surface area (TPSA) is 37.2 Å². The maximum atomic E-state index is 13.5. The molecule has 1 aliphatic heterocycles. The van der Waals surface area contributed by atoms with Gasteiger partial charge in [0.25, 0.3) is 0 Å². The van der Waals surface area contributed by atoms with E-state index in [9.17, 15) is 9.50 Å². The standard InChI is InChI=1S/C14H17FN2O/c1-2-10-11-7-9(15)8-13(18)14(11)17-6-5-16-4-3-12(10)17/h7-8,16,18H,2-6H2,1H3. The average Bonchev–Trinajstić information content (AvgIpc) is 2.49. The average molecular weight is 248 g/mol. The zero-order chi connectivity index (χ0) is 12.7. The Hall–Kier alpha value is -1.55. The van der Waals surface area contributed by atoms with Gasteiger partial charge in [-0.25, -0.2) is 4.39 Å². The lowest BCUT2D eigenvalue weighted by Crippen LogP contribution is -2.17. The van der Waals surface area contributed by atoms with E-state index in [0.717, 1.165) is 43.4 Å². The van der Waals surface area contributed by atoms with Gasteiger partial charge in [0, 0.05) is 43.2 Å². The van der Waals surface area contributed by atoms with Crippen LogP contribution in [0.1, 0.15) is 18.2 Å². The van der Waals surface area contributed by atoms with Crippen LogP contribution >= 0.6 is 0 Å². The minimum atomic E-state index is -0.367. The van der Waals surface area contributed by atoms with Gasteiger partial charge in [-0.15, -0.1) is 0 Å². The lowest BCUT2D eigenvalue weighted by molar-refractivity contribution is 0.471. The summed E-state index contributed by atoms with van der Waals surface area (Å²) < 4.78 is 15.6. The van der Waals surface area contributed by atoms with E-state index in [-0.39, 0.29) is 11.6 Å². The number of aromatic nitrogens is 1. The predicted octanol–water partition coefficient (Wildman–Crippen LogP) is 2.19. The molecule has 2 aromatic rings. The number of hydrogen-bond donors (Lipinski definition) is 2. The summed E-state index contributed by atoms with van der Waals surface area (Å²) in [7, 11) is 0. The van der Waals surface area contributed by atoms with Crippen molar-refractivity contribution in [1.29, 1.82) is 0 Å². The number of hydrogen-bond acceptors (Lipinski definition) is 2. The Morgan fingerprint density at radius 3 is 3.00 bits per heavy atom. The molecule has 0 saturated heterocycles. The molecule has 96 valence electrons. The number of aromatic hydroxyl groups is 1. The normalized spacial score (nSPS) is 15.7. The van der Waals surface area contributed by atoms with Crippen molar-refractivity contribution in [1.82, 2.24) is 9.88 Å². The number of nitrogens with zero attached hydrogens (tertiary/aromatic N) is 1. The van der Waals surface area contributed by atoms with Crippen LogP contribution < -0.4 is 5.32 Å². The molecule has 3 rings (SSSR count). The summed E-state index contributed by atoms with van der Waals surface area (Å²) in [6, 6.07) is 2.75. The van der Waals surface area contributed by atoms with Crippen molar-refractivity contribution in [3.8, 4) is 5.75 Å². The zero-order valence-corrected chi connectivity index (χ0v) is 10.5. The molecule has 2 N–H and O–H groups in total. The van der Waals surface area contributed by atoms with Crippen LogP contribution in [0.5, 0.6) is 5.75 Å². The first-order chi connectivity index (χ1) is 8.72. The SMILES string of the molecule is CCc1c2n(c3c(O)cc(F)cc13)CCNCC2. The van der Waals surface area contributed by atoms with Crippen molar-refractivity contribution >= 4 is 10.9 Å². The number of rotatable bonds is 1. The summed E-state index contributed by atoms with van der Waals surface area (Å²) in [5.74, 6) is -0.318. The van der Waals surface area contributed by atoms with Crippen LogP contribution in [0.3, 0.4) is 0 Å². The van der Waals surface area contributed by atoms with E-state index in [1.165, 1.54) is 17.3 Å². The van der Waals surface area contributed by atoms with Crippen LogP contribution in [-0.4, -0.2) is 22.8 Å². The molecule has 1 aromatic carbocycles. The fourth-order valence-electron chi connectivity index (χ4n) is 3.00. The van der Waals surface area contributed by atoms with Crippen molar-refractivity contribution in [3.05, 3.63) is 29.2 Å². The van der Waals surface area contributed by atoms with Gasteiger partial charge in [-0.2, -0.15) is 0 Å². The molecular formula is C14H17FN2O. The molecule has 0 radical (unpaired) electrons. The lowest BCUT2D eigenvalue weighted by Gasteiger charge is -2.07. The predicted molar refractivity (Wildman–Crippen MR) is 69.5 cm³/mol. The van der Waals surface area contributed by atoms with E-state index in [4.69, 9.17) is 0 Å². The molecule has 0 spiro atoms. The second kappa shape index (κ2) is 4.28. The van der Waals surface area contributed by atoms with Crippen LogP contribution in [0.2, 0.25) is 0 Å². The molecule has 4 heteroatoms. The third-order valence-electron chi connectivity index (χ3n) is 3.73. The van der Waals surface area contributed by atoms with Crippen LogP contribution in [0.4, 0.5) is 4.39 Å². The summed E-state index contributed by atoms with van der Waals surface area (Å²) in [5, 5.41) is 14.2. The molecule has 0 saturated carbocycles. The number of phenolic OH excluding ortho intramolecular Hbond substituents is 1. The van der Waals surface area contributed by atoms with Crippen molar-refractivity contribution in [2.45, 2.75) is 26.3 Å². The van der Waals surface area contributed by atoms with Crippen molar-refractivity contribution < 1.29 is 9.50 Å². The quantitative estimate of drug-likeness (QED) is 0.811. The van der Waals surface area contributed by atoms with Crippen LogP contribution in [0.15, 0.2) is 12.1 Å². The van der Waals surface area contributed by atoms with Crippen molar-refractivity contribution in [2.75, 3.05) is 13.1 Å². The van der Waals surface area contributed by atoms with Gasteiger partial charge in [-0.3, -0.25) is 0 Å². The molecule has 0 atom stereocenters. The molecule has 0 aliphatic carbocycles. The lowest BCUT2D eigenvalue weighted by atomic mass is 10.1. The van der Waals surface area contributed by atoms with Gasteiger partial charge in [0.15, 0.2) is 0 Å². The Bertz CT molecular complexity index is 604. The van der Waals surface area contributed by atoms with Gasteiger partial charge in [0.1, 0.15) is 11.6 Å². The first-order valence-corrected chi connectivity index (χ1v) is 6.45. The van der Waals surface area contributed by atoms with Gasteiger partial charge < -0.3 is 15.0 Å². The second-order valence-electron chi connectivity index (χ2n) is 4.75. The highest BCUT2D eigenvalue weighted by Gasteiger charge is 2.20. The molecule has 0 bridgehead atoms. The summed E-state index contributed by atoms with van der Waals surface area (Å²) in [6.45, 7) is 4.73. The fourth-order valence-corrected chi connectivity index (χ4v) is 3.00. The number of halogens is 1. The number of phenols is 1. The highest BCUT2D eigenvalue weighted by Crippen LogP contribution is 2.34. The van der Waals surface area contributed by atoms with E-state index < -0.39 is 0 Å². The van der Waals surface area contributed by atoms with Crippen molar-refractivity contribution in [3.63, 3.8) is 0 Å². The first kappa shape index (κ1) is 11.5. The minimum Gasteiger partial charge on any atom is -0.506 e. The molecule has 0 fully saturated rings. The maximum Gasteiger partial charge on any atom is 0.142 e. The van der Waals surface area contributed by atoms with Gasteiger partial charge in [0.2, 0.25) is 0 Å². The highest BCUT2D eigenvalue weighted by atomic mass is 19.1. The van der Waals surface area contributed by atoms with Gasteiger partial charge in [-0.05, 0) is 18.1 Å². The summed E-state index contributed by atoms with van der Waals surface area (Å²) >= 11 is 0. The Morgan fingerprint density at radius 1 is 1.39 bits per heavy atom. The van der Waals surface area contributed by atoms with Gasteiger partial charge in [0.05, 0.1) is 5.52 Å². The zero-order valence-electron chi connectivity index (χ0n) is 10.5. The number of fused-ring (bicyclic) bond motifs is 3. The third-order valence-corrected chi connectivity index (χ3v) is 3.73. The molecule has 2 heterocycles. The Morgan fingerprint density at radius 2 is 2.22 bits per heavy atom. The maximum absolute atomic E-state index is 13.5. The summed E-state index contributed by atoms with van der Waals surface area (Å²) in [4.78, 5) is 0. The van der Waals surface area contributed by atoms with E-state index in [2.05, 4.69) is 16.8 Å². The van der Waals surface area contributed by atoms with E-state index in [1.54, 1.807) is 6.07 Å². The Labute approximate surface area is 105 Å². The molecule has 1 aromatic heterocycles. The van der Waals surface area contributed by atoms with E-state index in [1.807, 2.05) is 0 Å². The molecule has 0 amide bonds. The monoisotopic (exact) mass is 248 g/mol. The van der Waals surface area contributed by atoms with Crippen LogP contribution in [-0.2, 0) is 19.4 Å². The minimum absolute atomic E-state index is 0.0489. The van der Waals surface area contributed by atoms with Gasteiger partial charge in [-0.1, -0.05) is 6.92 Å². The summed E-state index contributed by atoms with van der Waals surface area (Å²) in [5.41, 5.74) is 3.19. The highest BCUT2D eigenvalue weighted by molar-refractivity contribution is 5.90. The summed E-state index contributed by atoms with van der Waals surface area (Å²) in [6.07, 6.45) is 1.79. The van der Waals surface area contributed by atoms with E-state index >= 15 is 0 Å². The first-order valence-electron chi connectivity index (χ1n) is 6.45.